The fourth-order valence-electron chi connectivity index (χ4n) is 2.98. The van der Waals surface area contributed by atoms with E-state index < -0.39 is 0 Å². The summed E-state index contributed by atoms with van der Waals surface area (Å²) >= 11 is 0. The van der Waals surface area contributed by atoms with Gasteiger partial charge in [-0.3, -0.25) is 9.59 Å². The average molecular weight is 373 g/mol. The second kappa shape index (κ2) is 10.00. The van der Waals surface area contributed by atoms with Gasteiger partial charge in [-0.25, -0.2) is 0 Å². The van der Waals surface area contributed by atoms with Crippen molar-refractivity contribution in [3.05, 3.63) is 48.2 Å². The van der Waals surface area contributed by atoms with E-state index in [1.165, 1.54) is 0 Å². The van der Waals surface area contributed by atoms with E-state index in [4.69, 9.17) is 4.42 Å². The van der Waals surface area contributed by atoms with Gasteiger partial charge in [0.2, 0.25) is 11.8 Å². The Morgan fingerprint density at radius 2 is 1.89 bits per heavy atom. The first-order valence-electron chi connectivity index (χ1n) is 9.58. The van der Waals surface area contributed by atoms with Crippen molar-refractivity contribution in [1.82, 2.24) is 14.4 Å². The Hall–Kier alpha value is -2.50. The molecule has 0 aliphatic rings. The van der Waals surface area contributed by atoms with Crippen LogP contribution in [0.25, 0.3) is 0 Å². The van der Waals surface area contributed by atoms with Crippen LogP contribution < -0.4 is 0 Å². The molecule has 2 aromatic rings. The summed E-state index contributed by atoms with van der Waals surface area (Å²) in [6.07, 6.45) is 4.85. The van der Waals surface area contributed by atoms with Crippen LogP contribution in [0.3, 0.4) is 0 Å². The largest absolute Gasteiger partial charge is 0.467 e. The molecule has 0 radical (unpaired) electrons. The average Bonchev–Trinajstić information content (AvgIpc) is 3.25. The minimum atomic E-state index is -0.0712. The van der Waals surface area contributed by atoms with E-state index >= 15 is 0 Å². The summed E-state index contributed by atoms with van der Waals surface area (Å²) in [7, 11) is 1.96. The highest BCUT2D eigenvalue weighted by Crippen LogP contribution is 2.13. The first-order chi connectivity index (χ1) is 12.9. The van der Waals surface area contributed by atoms with Crippen LogP contribution in [-0.4, -0.2) is 39.3 Å². The number of nitrogens with zero attached hydrogens (tertiary/aromatic N) is 3. The van der Waals surface area contributed by atoms with Gasteiger partial charge in [0.05, 0.1) is 25.9 Å². The zero-order chi connectivity index (χ0) is 19.8. The van der Waals surface area contributed by atoms with Crippen LogP contribution in [0.15, 0.2) is 41.1 Å². The molecule has 0 unspecified atom stereocenters. The number of aryl methyl sites for hydroxylation is 1. The maximum atomic E-state index is 13.1. The molecule has 0 aromatic carbocycles. The monoisotopic (exact) mass is 373 g/mol. The molecule has 0 atom stereocenters. The molecule has 0 saturated carbocycles. The summed E-state index contributed by atoms with van der Waals surface area (Å²) in [6.45, 7) is 7.60. The molecule has 6 heteroatoms. The van der Waals surface area contributed by atoms with Crippen molar-refractivity contribution in [2.75, 3.05) is 13.1 Å². The molecule has 148 valence electrons. The molecule has 6 nitrogen and oxygen atoms in total. The molecule has 0 N–H and O–H groups in total. The van der Waals surface area contributed by atoms with Crippen LogP contribution in [0.4, 0.5) is 0 Å². The normalized spacial score (nSPS) is 11.0. The molecule has 0 aliphatic heterocycles. The molecular formula is C21H31N3O3. The van der Waals surface area contributed by atoms with E-state index in [2.05, 4.69) is 0 Å². The smallest absolute Gasteiger partial charge is 0.242 e. The van der Waals surface area contributed by atoms with Crippen molar-refractivity contribution in [3.63, 3.8) is 0 Å². The van der Waals surface area contributed by atoms with Gasteiger partial charge in [-0.15, -0.1) is 0 Å². The van der Waals surface area contributed by atoms with Crippen LogP contribution in [0.1, 0.15) is 45.1 Å². The molecule has 2 aromatic heterocycles. The molecular weight excluding hydrogens is 342 g/mol. The SMILES string of the molecule is CCCN(CC(=O)N(Cc1ccco1)Cc1cccn1C)C(=O)CC(C)C. The number of hydrogen-bond acceptors (Lipinski definition) is 3. The Kier molecular flexibility index (Phi) is 7.70. The van der Waals surface area contributed by atoms with Crippen LogP contribution in [0.5, 0.6) is 0 Å². The lowest BCUT2D eigenvalue weighted by Crippen LogP contribution is -2.43. The number of aromatic nitrogens is 1. The quantitative estimate of drug-likeness (QED) is 0.641. The lowest BCUT2D eigenvalue weighted by Gasteiger charge is -2.27. The standard InChI is InChI=1S/C21H31N3O3/c1-5-10-23(20(25)13-17(2)3)16-21(26)24(15-19-9-7-12-27-19)14-18-8-6-11-22(18)4/h6-9,11-12,17H,5,10,13-16H2,1-4H3. The molecule has 0 spiro atoms. The Bertz CT molecular complexity index is 719. The lowest BCUT2D eigenvalue weighted by atomic mass is 10.1. The topological polar surface area (TPSA) is 58.7 Å². The van der Waals surface area contributed by atoms with Gasteiger partial charge < -0.3 is 18.8 Å². The fraction of sp³-hybridized carbons (Fsp3) is 0.524. The van der Waals surface area contributed by atoms with Crippen molar-refractivity contribution < 1.29 is 14.0 Å². The van der Waals surface area contributed by atoms with Gasteiger partial charge >= 0.3 is 0 Å². The Labute approximate surface area is 161 Å². The number of hydrogen-bond donors (Lipinski definition) is 0. The molecule has 2 amide bonds. The number of amides is 2. The van der Waals surface area contributed by atoms with E-state index in [-0.39, 0.29) is 24.3 Å². The fourth-order valence-corrected chi connectivity index (χ4v) is 2.98. The van der Waals surface area contributed by atoms with Gasteiger partial charge in [-0.1, -0.05) is 20.8 Å². The summed E-state index contributed by atoms with van der Waals surface area (Å²) in [5.41, 5.74) is 1.03. The highest BCUT2D eigenvalue weighted by molar-refractivity contribution is 5.85. The third-order valence-electron chi connectivity index (χ3n) is 4.44. The molecule has 2 heterocycles. The maximum Gasteiger partial charge on any atom is 0.242 e. The maximum absolute atomic E-state index is 13.1. The number of carbonyl (C=O) groups is 2. The van der Waals surface area contributed by atoms with Crippen molar-refractivity contribution in [1.29, 1.82) is 0 Å². The van der Waals surface area contributed by atoms with E-state index in [1.54, 1.807) is 16.1 Å². The molecule has 0 fully saturated rings. The molecule has 2 rings (SSSR count). The molecule has 0 saturated heterocycles. The Balaban J connectivity index is 2.12. The predicted octanol–water partition coefficient (Wildman–Crippen LogP) is 3.43. The number of carbonyl (C=O) groups excluding carboxylic acids is 2. The summed E-state index contributed by atoms with van der Waals surface area (Å²) in [4.78, 5) is 29.0. The second-order valence-electron chi connectivity index (χ2n) is 7.35. The van der Waals surface area contributed by atoms with Crippen LogP contribution in [0, 0.1) is 5.92 Å². The van der Waals surface area contributed by atoms with Crippen LogP contribution >= 0.6 is 0 Å². The van der Waals surface area contributed by atoms with Crippen LogP contribution in [-0.2, 0) is 29.7 Å². The number of rotatable bonds is 10. The number of furan rings is 1. The second-order valence-corrected chi connectivity index (χ2v) is 7.35. The Morgan fingerprint density at radius 3 is 2.44 bits per heavy atom. The third-order valence-corrected chi connectivity index (χ3v) is 4.44. The summed E-state index contributed by atoms with van der Waals surface area (Å²) in [5.74, 6) is 0.970. The van der Waals surface area contributed by atoms with E-state index in [0.29, 0.717) is 26.1 Å². The first kappa shape index (κ1) is 20.8. The third kappa shape index (κ3) is 6.31. The van der Waals surface area contributed by atoms with Gasteiger partial charge in [-0.05, 0) is 36.6 Å². The molecule has 27 heavy (non-hydrogen) atoms. The molecule has 0 bridgehead atoms. The zero-order valence-electron chi connectivity index (χ0n) is 16.9. The molecule has 0 aliphatic carbocycles. The minimum Gasteiger partial charge on any atom is -0.467 e. The summed E-state index contributed by atoms with van der Waals surface area (Å²) in [5, 5.41) is 0. The van der Waals surface area contributed by atoms with Crippen LogP contribution in [0.2, 0.25) is 0 Å². The summed E-state index contributed by atoms with van der Waals surface area (Å²) in [6, 6.07) is 7.63. The van der Waals surface area contributed by atoms with Crippen molar-refractivity contribution in [2.24, 2.45) is 13.0 Å². The van der Waals surface area contributed by atoms with E-state index in [1.807, 2.05) is 62.8 Å². The first-order valence-corrected chi connectivity index (χ1v) is 9.58. The van der Waals surface area contributed by atoms with Crippen molar-refractivity contribution in [3.8, 4) is 0 Å². The van der Waals surface area contributed by atoms with E-state index in [9.17, 15) is 9.59 Å². The minimum absolute atomic E-state index is 0.0389. The Morgan fingerprint density at radius 1 is 1.11 bits per heavy atom. The van der Waals surface area contributed by atoms with Crippen molar-refractivity contribution >= 4 is 11.8 Å². The lowest BCUT2D eigenvalue weighted by molar-refractivity contribution is -0.141. The summed E-state index contributed by atoms with van der Waals surface area (Å²) < 4.78 is 7.43. The van der Waals surface area contributed by atoms with Crippen molar-refractivity contribution in [2.45, 2.75) is 46.7 Å². The van der Waals surface area contributed by atoms with Gasteiger partial charge in [0.15, 0.2) is 0 Å². The van der Waals surface area contributed by atoms with Gasteiger partial charge in [0.1, 0.15) is 5.76 Å². The highest BCUT2D eigenvalue weighted by atomic mass is 16.3. The van der Waals surface area contributed by atoms with Gasteiger partial charge in [0.25, 0.3) is 0 Å². The zero-order valence-corrected chi connectivity index (χ0v) is 16.9. The van der Waals surface area contributed by atoms with E-state index in [0.717, 1.165) is 17.9 Å². The van der Waals surface area contributed by atoms with Gasteiger partial charge in [-0.2, -0.15) is 0 Å². The predicted molar refractivity (Wildman–Crippen MR) is 105 cm³/mol. The highest BCUT2D eigenvalue weighted by Gasteiger charge is 2.23. The van der Waals surface area contributed by atoms with Gasteiger partial charge in [0, 0.05) is 31.9 Å².